The van der Waals surface area contributed by atoms with Crippen LogP contribution in [0.1, 0.15) is 25.3 Å². The molecular formula is C11H14N4O2S. The third-order valence-corrected chi connectivity index (χ3v) is 5.68. The summed E-state index contributed by atoms with van der Waals surface area (Å²) < 4.78 is 1.88. The van der Waals surface area contributed by atoms with Crippen molar-refractivity contribution in [1.82, 2.24) is 20.2 Å². The summed E-state index contributed by atoms with van der Waals surface area (Å²) in [5.74, 6) is 2.45. The average Bonchev–Trinajstić information content (AvgIpc) is 2.77. The van der Waals surface area contributed by atoms with Gasteiger partial charge in [-0.3, -0.25) is 4.79 Å². The van der Waals surface area contributed by atoms with Gasteiger partial charge in [0.15, 0.2) is 0 Å². The van der Waals surface area contributed by atoms with Crippen LogP contribution >= 0.6 is 11.8 Å². The highest BCUT2D eigenvalue weighted by Gasteiger charge is 2.66. The molecule has 0 spiro atoms. The zero-order valence-corrected chi connectivity index (χ0v) is 10.6. The Kier molecular flexibility index (Phi) is 2.21. The van der Waals surface area contributed by atoms with Crippen molar-refractivity contribution in [2.24, 2.45) is 23.7 Å². The fourth-order valence-electron chi connectivity index (χ4n) is 4.20. The van der Waals surface area contributed by atoms with E-state index in [4.69, 9.17) is 5.11 Å². The monoisotopic (exact) mass is 266 g/mol. The Morgan fingerprint density at radius 2 is 2.11 bits per heavy atom. The number of carboxylic acid groups (broad SMARTS) is 1. The lowest BCUT2D eigenvalue weighted by atomic mass is 10.0. The van der Waals surface area contributed by atoms with E-state index in [9.17, 15) is 4.79 Å². The first kappa shape index (κ1) is 10.8. The molecule has 0 aromatic carbocycles. The maximum absolute atomic E-state index is 10.6. The van der Waals surface area contributed by atoms with E-state index in [2.05, 4.69) is 15.5 Å². The van der Waals surface area contributed by atoms with E-state index in [1.807, 2.05) is 4.68 Å². The number of carbonyl (C=O) groups is 1. The highest BCUT2D eigenvalue weighted by atomic mass is 32.2. The van der Waals surface area contributed by atoms with Crippen molar-refractivity contribution < 1.29 is 9.90 Å². The van der Waals surface area contributed by atoms with Crippen LogP contribution < -0.4 is 0 Å². The molecule has 18 heavy (non-hydrogen) atoms. The minimum absolute atomic E-state index is 0.0231. The van der Waals surface area contributed by atoms with E-state index >= 15 is 0 Å². The molecule has 6 nitrogen and oxygen atoms in total. The molecule has 7 heteroatoms. The Hall–Kier alpha value is -1.11. The second-order valence-electron chi connectivity index (χ2n) is 5.57. The molecule has 0 saturated heterocycles. The average molecular weight is 266 g/mol. The summed E-state index contributed by atoms with van der Waals surface area (Å²) in [4.78, 5) is 10.6. The highest BCUT2D eigenvalue weighted by molar-refractivity contribution is 7.99. The third-order valence-electron chi connectivity index (χ3n) is 4.76. The number of carboxylic acids is 1. The van der Waals surface area contributed by atoms with E-state index in [0.29, 0.717) is 11.2 Å². The second kappa shape index (κ2) is 3.69. The molecule has 3 saturated carbocycles. The van der Waals surface area contributed by atoms with E-state index in [-0.39, 0.29) is 5.75 Å². The first-order valence-corrected chi connectivity index (χ1v) is 7.36. The fraction of sp³-hybridized carbons (Fsp3) is 0.818. The standard InChI is InChI=1S/C11H14N4O2S/c16-7(17)4-18-11-12-13-14-15(11)10-8-5-1-2-6(3-5)9(8)10/h5-6,8-10H,1-4H2,(H,16,17). The molecule has 0 aliphatic heterocycles. The van der Waals surface area contributed by atoms with Gasteiger partial charge in [-0.2, -0.15) is 0 Å². The van der Waals surface area contributed by atoms with Gasteiger partial charge in [0, 0.05) is 0 Å². The number of rotatable bonds is 4. The molecule has 1 aromatic heterocycles. The summed E-state index contributed by atoms with van der Waals surface area (Å²) in [6.07, 6.45) is 4.12. The predicted molar refractivity (Wildman–Crippen MR) is 63.0 cm³/mol. The third kappa shape index (κ3) is 1.43. The summed E-state index contributed by atoms with van der Waals surface area (Å²) in [6.45, 7) is 0. The highest BCUT2D eigenvalue weighted by Crippen LogP contribution is 2.71. The molecule has 1 aromatic rings. The number of tetrazole rings is 1. The van der Waals surface area contributed by atoms with Gasteiger partial charge in [-0.15, -0.1) is 5.10 Å². The quantitative estimate of drug-likeness (QED) is 0.821. The summed E-state index contributed by atoms with van der Waals surface area (Å²) in [5, 5.41) is 21.1. The number of aromatic nitrogens is 4. The lowest BCUT2D eigenvalue weighted by molar-refractivity contribution is -0.133. The van der Waals surface area contributed by atoms with Crippen LogP contribution in [-0.2, 0) is 4.79 Å². The Labute approximate surface area is 108 Å². The Balaban J connectivity index is 1.53. The molecular weight excluding hydrogens is 252 g/mol. The van der Waals surface area contributed by atoms with Crippen molar-refractivity contribution in [3.63, 3.8) is 0 Å². The van der Waals surface area contributed by atoms with Crippen LogP contribution in [0.15, 0.2) is 5.16 Å². The summed E-state index contributed by atoms with van der Waals surface area (Å²) >= 11 is 1.22. The maximum Gasteiger partial charge on any atom is 0.313 e. The van der Waals surface area contributed by atoms with Crippen LogP contribution in [0.25, 0.3) is 0 Å². The van der Waals surface area contributed by atoms with E-state index < -0.39 is 5.97 Å². The van der Waals surface area contributed by atoms with Gasteiger partial charge >= 0.3 is 5.97 Å². The van der Waals surface area contributed by atoms with Crippen LogP contribution in [0.5, 0.6) is 0 Å². The first-order chi connectivity index (χ1) is 8.75. The lowest BCUT2D eigenvalue weighted by Gasteiger charge is -2.09. The summed E-state index contributed by atoms with van der Waals surface area (Å²) in [6, 6.07) is 0.447. The molecule has 1 heterocycles. The molecule has 2 bridgehead atoms. The summed E-state index contributed by atoms with van der Waals surface area (Å²) in [7, 11) is 0. The minimum Gasteiger partial charge on any atom is -0.481 e. The lowest BCUT2D eigenvalue weighted by Crippen LogP contribution is -2.09. The first-order valence-electron chi connectivity index (χ1n) is 6.38. The minimum atomic E-state index is -0.828. The second-order valence-corrected chi connectivity index (χ2v) is 6.51. The molecule has 0 amide bonds. The number of fused-ring (bicyclic) bond motifs is 5. The number of nitrogens with zero attached hydrogens (tertiary/aromatic N) is 4. The van der Waals surface area contributed by atoms with Gasteiger partial charge in [0.25, 0.3) is 0 Å². The van der Waals surface area contributed by atoms with Crippen molar-refractivity contribution >= 4 is 17.7 Å². The van der Waals surface area contributed by atoms with Crippen molar-refractivity contribution in [2.75, 3.05) is 5.75 Å². The normalized spacial score (nSPS) is 39.9. The van der Waals surface area contributed by atoms with Gasteiger partial charge in [0.05, 0.1) is 11.8 Å². The molecule has 0 radical (unpaired) electrons. The van der Waals surface area contributed by atoms with Crippen LogP contribution in [0.3, 0.4) is 0 Å². The van der Waals surface area contributed by atoms with Gasteiger partial charge in [-0.25, -0.2) is 4.68 Å². The number of hydrogen-bond acceptors (Lipinski definition) is 5. The smallest absolute Gasteiger partial charge is 0.313 e. The predicted octanol–water partition coefficient (Wildman–Crippen LogP) is 1.07. The van der Waals surface area contributed by atoms with Gasteiger partial charge in [0.2, 0.25) is 5.16 Å². The maximum atomic E-state index is 10.6. The molecule has 4 unspecified atom stereocenters. The Bertz CT molecular complexity index is 489. The number of aliphatic carboxylic acids is 1. The molecule has 4 atom stereocenters. The summed E-state index contributed by atoms with van der Waals surface area (Å²) in [5.41, 5.74) is 0. The Morgan fingerprint density at radius 1 is 1.39 bits per heavy atom. The zero-order valence-electron chi connectivity index (χ0n) is 9.77. The van der Waals surface area contributed by atoms with E-state index in [1.165, 1.54) is 31.0 Å². The molecule has 3 aliphatic rings. The molecule has 1 N–H and O–H groups in total. The van der Waals surface area contributed by atoms with Crippen molar-refractivity contribution in [3.8, 4) is 0 Å². The van der Waals surface area contributed by atoms with Crippen LogP contribution in [0, 0.1) is 23.7 Å². The number of hydrogen-bond donors (Lipinski definition) is 1. The van der Waals surface area contributed by atoms with Crippen molar-refractivity contribution in [2.45, 2.75) is 30.5 Å². The molecule has 96 valence electrons. The number of thioether (sulfide) groups is 1. The molecule has 3 aliphatic carbocycles. The zero-order chi connectivity index (χ0) is 12.3. The molecule has 3 fully saturated rings. The largest absolute Gasteiger partial charge is 0.481 e. The van der Waals surface area contributed by atoms with Crippen molar-refractivity contribution in [3.05, 3.63) is 0 Å². The fourth-order valence-corrected chi connectivity index (χ4v) is 4.84. The molecule has 4 rings (SSSR count). The van der Waals surface area contributed by atoms with Crippen molar-refractivity contribution in [1.29, 1.82) is 0 Å². The van der Waals surface area contributed by atoms with Gasteiger partial charge in [-0.1, -0.05) is 11.8 Å². The van der Waals surface area contributed by atoms with Gasteiger partial charge < -0.3 is 5.11 Å². The SMILES string of the molecule is O=C(O)CSc1nnnn1C1C2C3CCC(C3)C21. The van der Waals surface area contributed by atoms with Gasteiger partial charge in [-0.05, 0) is 53.4 Å². The van der Waals surface area contributed by atoms with Crippen LogP contribution in [0.2, 0.25) is 0 Å². The van der Waals surface area contributed by atoms with E-state index in [1.54, 1.807) is 0 Å². The topological polar surface area (TPSA) is 80.9 Å². The van der Waals surface area contributed by atoms with Crippen LogP contribution in [-0.4, -0.2) is 37.0 Å². The van der Waals surface area contributed by atoms with Gasteiger partial charge in [0.1, 0.15) is 0 Å². The van der Waals surface area contributed by atoms with Crippen LogP contribution in [0.4, 0.5) is 0 Å². The Morgan fingerprint density at radius 3 is 2.78 bits per heavy atom. The van der Waals surface area contributed by atoms with E-state index in [0.717, 1.165) is 23.7 Å².